The first kappa shape index (κ1) is 21.0. The molecule has 3 aliphatic rings. The summed E-state index contributed by atoms with van der Waals surface area (Å²) in [5.74, 6) is 1.55. The molecule has 0 unspecified atom stereocenters. The maximum atomic E-state index is 13.0. The molecule has 1 N–H and O–H groups in total. The number of carbonyl (C=O) groups is 1. The molecule has 1 fully saturated rings. The minimum absolute atomic E-state index is 0.144. The number of hydrogen-bond donors (Lipinski definition) is 1. The lowest BCUT2D eigenvalue weighted by Crippen LogP contribution is -2.46. The fraction of sp³-hybridized carbons (Fsp3) is 0.591. The highest BCUT2D eigenvalue weighted by atomic mass is 16.6. The molecule has 0 spiro atoms. The van der Waals surface area contributed by atoms with Crippen LogP contribution in [0.15, 0.2) is 29.7 Å². The van der Waals surface area contributed by atoms with Crippen molar-refractivity contribution in [1.82, 2.24) is 14.7 Å². The maximum absolute atomic E-state index is 13.0. The molecule has 4 rings (SSSR count). The predicted molar refractivity (Wildman–Crippen MR) is 111 cm³/mol. The van der Waals surface area contributed by atoms with Crippen molar-refractivity contribution in [3.8, 4) is 5.75 Å². The second-order valence-corrected chi connectivity index (χ2v) is 7.94. The predicted octanol–water partition coefficient (Wildman–Crippen LogP) is 0.796. The molecule has 3 aliphatic heterocycles. The second kappa shape index (κ2) is 9.68. The quantitative estimate of drug-likeness (QED) is 0.760. The first-order valence-electron chi connectivity index (χ1n) is 10.7. The van der Waals surface area contributed by atoms with Crippen molar-refractivity contribution in [3.63, 3.8) is 0 Å². The fourth-order valence-corrected chi connectivity index (χ4v) is 4.15. The summed E-state index contributed by atoms with van der Waals surface area (Å²) in [5.41, 5.74) is 2.24. The lowest BCUT2D eigenvalue weighted by molar-refractivity contribution is -0.133. The Balaban J connectivity index is 1.42. The van der Waals surface area contributed by atoms with Crippen LogP contribution in [0.25, 0.3) is 0 Å². The van der Waals surface area contributed by atoms with Crippen molar-refractivity contribution in [2.75, 3.05) is 65.7 Å². The van der Waals surface area contributed by atoms with Gasteiger partial charge < -0.3 is 24.2 Å². The highest BCUT2D eigenvalue weighted by Crippen LogP contribution is 2.27. The number of hydrogen-bond acceptors (Lipinski definition) is 7. The number of piperazine rings is 1. The van der Waals surface area contributed by atoms with Crippen LogP contribution in [0, 0.1) is 0 Å². The Kier molecular flexibility index (Phi) is 6.76. The number of ether oxygens (including phenoxy) is 3. The Hall–Kier alpha value is -2.29. The van der Waals surface area contributed by atoms with Crippen molar-refractivity contribution in [3.05, 3.63) is 40.8 Å². The van der Waals surface area contributed by atoms with Crippen molar-refractivity contribution in [1.29, 1.82) is 0 Å². The third-order valence-electron chi connectivity index (χ3n) is 5.84. The molecule has 0 radical (unpaired) electrons. The molecular formula is C22H31N3O5. The van der Waals surface area contributed by atoms with Crippen LogP contribution in [0.5, 0.6) is 5.75 Å². The minimum Gasteiger partial charge on any atom is -0.491 e. The molecule has 1 amide bonds. The lowest BCUT2D eigenvalue weighted by Gasteiger charge is -2.34. The summed E-state index contributed by atoms with van der Waals surface area (Å²) in [6.45, 7) is 9.88. The summed E-state index contributed by atoms with van der Waals surface area (Å²) in [6, 6.07) is 6.28. The molecule has 0 atom stereocenters. The lowest BCUT2D eigenvalue weighted by atomic mass is 10.1. The van der Waals surface area contributed by atoms with Gasteiger partial charge in [0.1, 0.15) is 31.3 Å². The summed E-state index contributed by atoms with van der Waals surface area (Å²) in [5, 5.41) is 9.10. The van der Waals surface area contributed by atoms with E-state index >= 15 is 0 Å². The average Bonchev–Trinajstić information content (AvgIpc) is 2.97. The van der Waals surface area contributed by atoms with Gasteiger partial charge in [0.15, 0.2) is 0 Å². The number of aliphatic hydroxyl groups is 1. The number of aliphatic hydroxyl groups excluding tert-OH is 1. The molecule has 0 aromatic heterocycles. The zero-order valence-corrected chi connectivity index (χ0v) is 17.6. The standard InChI is InChI=1S/C22H31N3O5/c1-17-21(30-13-12-28-17)22(27)25-9-11-29-20-3-2-18(14-19(20)16-25)15-24-6-4-23(5-7-24)8-10-26/h2-3,14,26H,4-13,15-16H2,1H3. The highest BCUT2D eigenvalue weighted by Gasteiger charge is 2.28. The van der Waals surface area contributed by atoms with Gasteiger partial charge >= 0.3 is 0 Å². The van der Waals surface area contributed by atoms with Gasteiger partial charge in [-0.15, -0.1) is 0 Å². The summed E-state index contributed by atoms with van der Waals surface area (Å²) < 4.78 is 17.0. The third-order valence-corrected chi connectivity index (χ3v) is 5.84. The Labute approximate surface area is 177 Å². The number of benzene rings is 1. The third kappa shape index (κ3) is 4.88. The molecule has 0 bridgehead atoms. The average molecular weight is 418 g/mol. The van der Waals surface area contributed by atoms with Crippen LogP contribution in [0.4, 0.5) is 0 Å². The van der Waals surface area contributed by atoms with E-state index in [-0.39, 0.29) is 12.5 Å². The summed E-state index contributed by atoms with van der Waals surface area (Å²) >= 11 is 0. The van der Waals surface area contributed by atoms with Gasteiger partial charge in [0, 0.05) is 51.4 Å². The number of allylic oxidation sites excluding steroid dienone is 1. The SMILES string of the molecule is CC1=C(C(=O)N2CCOc3ccc(CN4CCN(CCO)CC4)cc3C2)OCCO1. The van der Waals surface area contributed by atoms with Crippen LogP contribution in [0.3, 0.4) is 0 Å². The monoisotopic (exact) mass is 417 g/mol. The Morgan fingerprint density at radius 3 is 2.53 bits per heavy atom. The molecule has 164 valence electrons. The number of nitrogens with zero attached hydrogens (tertiary/aromatic N) is 3. The van der Waals surface area contributed by atoms with E-state index in [9.17, 15) is 4.79 Å². The van der Waals surface area contributed by atoms with Crippen molar-refractivity contribution in [2.45, 2.75) is 20.0 Å². The van der Waals surface area contributed by atoms with Gasteiger partial charge in [0.05, 0.1) is 13.2 Å². The van der Waals surface area contributed by atoms with E-state index in [1.807, 2.05) is 6.07 Å². The van der Waals surface area contributed by atoms with Crippen molar-refractivity contribution >= 4 is 5.91 Å². The summed E-state index contributed by atoms with van der Waals surface area (Å²) in [4.78, 5) is 19.5. The zero-order chi connectivity index (χ0) is 20.9. The van der Waals surface area contributed by atoms with Crippen LogP contribution in [0.2, 0.25) is 0 Å². The van der Waals surface area contributed by atoms with E-state index in [4.69, 9.17) is 19.3 Å². The van der Waals surface area contributed by atoms with E-state index in [0.717, 1.165) is 50.6 Å². The smallest absolute Gasteiger partial charge is 0.292 e. The Morgan fingerprint density at radius 2 is 1.77 bits per heavy atom. The van der Waals surface area contributed by atoms with E-state index in [2.05, 4.69) is 21.9 Å². The van der Waals surface area contributed by atoms with Crippen LogP contribution in [-0.2, 0) is 27.4 Å². The number of fused-ring (bicyclic) bond motifs is 1. The number of β-amino-alcohol motifs (C(OH)–C–C–N with tert-alkyl or cyclic N) is 1. The number of carbonyl (C=O) groups excluding carboxylic acids is 1. The van der Waals surface area contributed by atoms with Crippen molar-refractivity contribution in [2.24, 2.45) is 0 Å². The molecular weight excluding hydrogens is 386 g/mol. The molecule has 8 heteroatoms. The number of amides is 1. The van der Waals surface area contributed by atoms with Crippen LogP contribution in [0.1, 0.15) is 18.1 Å². The van der Waals surface area contributed by atoms with Gasteiger partial charge in [-0.05, 0) is 24.6 Å². The Bertz CT molecular complexity index is 789. The molecule has 8 nitrogen and oxygen atoms in total. The van der Waals surface area contributed by atoms with Gasteiger partial charge in [0.25, 0.3) is 5.91 Å². The summed E-state index contributed by atoms with van der Waals surface area (Å²) in [6.07, 6.45) is 0. The van der Waals surface area contributed by atoms with Crippen LogP contribution in [-0.4, -0.2) is 91.4 Å². The van der Waals surface area contributed by atoms with Gasteiger partial charge in [-0.1, -0.05) is 6.07 Å². The summed E-state index contributed by atoms with van der Waals surface area (Å²) in [7, 11) is 0. The molecule has 3 heterocycles. The van der Waals surface area contributed by atoms with Crippen LogP contribution < -0.4 is 4.74 Å². The zero-order valence-electron chi connectivity index (χ0n) is 17.6. The number of rotatable bonds is 5. The molecule has 1 saturated heterocycles. The van der Waals surface area contributed by atoms with E-state index in [1.54, 1.807) is 11.8 Å². The molecule has 0 aliphatic carbocycles. The molecule has 1 aromatic rings. The van der Waals surface area contributed by atoms with Crippen molar-refractivity contribution < 1.29 is 24.1 Å². The van der Waals surface area contributed by atoms with Gasteiger partial charge in [-0.25, -0.2) is 0 Å². The van der Waals surface area contributed by atoms with E-state index in [1.165, 1.54) is 5.56 Å². The molecule has 0 saturated carbocycles. The fourth-order valence-electron chi connectivity index (χ4n) is 4.15. The molecule has 1 aromatic carbocycles. The molecule has 30 heavy (non-hydrogen) atoms. The first-order valence-corrected chi connectivity index (χ1v) is 10.7. The maximum Gasteiger partial charge on any atom is 0.292 e. The minimum atomic E-state index is -0.144. The normalized spacial score (nSPS) is 20.7. The first-order chi connectivity index (χ1) is 14.6. The largest absolute Gasteiger partial charge is 0.491 e. The van der Waals surface area contributed by atoms with Gasteiger partial charge in [-0.2, -0.15) is 0 Å². The van der Waals surface area contributed by atoms with E-state index < -0.39 is 0 Å². The van der Waals surface area contributed by atoms with E-state index in [0.29, 0.717) is 44.4 Å². The second-order valence-electron chi connectivity index (χ2n) is 7.94. The Morgan fingerprint density at radius 1 is 1.00 bits per heavy atom. The van der Waals surface area contributed by atoms with Crippen LogP contribution >= 0.6 is 0 Å². The van der Waals surface area contributed by atoms with Gasteiger partial charge in [0.2, 0.25) is 5.76 Å². The topological polar surface area (TPSA) is 74.7 Å². The highest BCUT2D eigenvalue weighted by molar-refractivity contribution is 5.92. The van der Waals surface area contributed by atoms with Gasteiger partial charge in [-0.3, -0.25) is 14.6 Å².